The predicted octanol–water partition coefficient (Wildman–Crippen LogP) is 3.28. The second-order valence-electron chi connectivity index (χ2n) is 3.36. The van der Waals surface area contributed by atoms with Crippen molar-refractivity contribution in [3.8, 4) is 22.9 Å². The van der Waals surface area contributed by atoms with E-state index in [1.807, 2.05) is 24.3 Å². The average Bonchev–Trinajstić information content (AvgIpc) is 2.38. The van der Waals surface area contributed by atoms with Gasteiger partial charge in [0.25, 0.3) is 0 Å². The molecule has 0 spiro atoms. The number of halogens is 1. The molecule has 4 heteroatoms. The molecule has 1 heterocycles. The van der Waals surface area contributed by atoms with Crippen LogP contribution in [-0.4, -0.2) is 12.1 Å². The first-order valence-corrected chi connectivity index (χ1v) is 5.33. The van der Waals surface area contributed by atoms with Crippen molar-refractivity contribution in [2.45, 2.75) is 0 Å². The van der Waals surface area contributed by atoms with Crippen molar-refractivity contribution in [2.75, 3.05) is 7.11 Å². The standard InChI is InChI=1S/C13H9ClN2O/c1-17-10-4-2-9(3-5-10)11-6-7-16-13(14)12(11)8-15/h2-7H,1H3. The van der Waals surface area contributed by atoms with Crippen LogP contribution in [0.5, 0.6) is 5.75 Å². The first-order valence-electron chi connectivity index (χ1n) is 4.95. The lowest BCUT2D eigenvalue weighted by atomic mass is 10.0. The third-order valence-electron chi connectivity index (χ3n) is 2.42. The van der Waals surface area contributed by atoms with Gasteiger partial charge in [0.2, 0.25) is 0 Å². The van der Waals surface area contributed by atoms with E-state index in [9.17, 15) is 0 Å². The molecule has 0 fully saturated rings. The summed E-state index contributed by atoms with van der Waals surface area (Å²) in [7, 11) is 1.61. The summed E-state index contributed by atoms with van der Waals surface area (Å²) in [6.07, 6.45) is 1.59. The number of pyridine rings is 1. The number of rotatable bonds is 2. The van der Waals surface area contributed by atoms with Gasteiger partial charge in [-0.3, -0.25) is 0 Å². The lowest BCUT2D eigenvalue weighted by Gasteiger charge is -2.06. The third-order valence-corrected chi connectivity index (χ3v) is 2.70. The molecule has 0 radical (unpaired) electrons. The Morgan fingerprint density at radius 2 is 1.94 bits per heavy atom. The van der Waals surface area contributed by atoms with Crippen molar-refractivity contribution in [3.05, 3.63) is 47.2 Å². The van der Waals surface area contributed by atoms with E-state index in [1.54, 1.807) is 19.4 Å². The van der Waals surface area contributed by atoms with Crippen LogP contribution in [0.15, 0.2) is 36.5 Å². The molecule has 2 aromatic rings. The highest BCUT2D eigenvalue weighted by molar-refractivity contribution is 6.30. The molecule has 0 bridgehead atoms. The summed E-state index contributed by atoms with van der Waals surface area (Å²) >= 11 is 5.88. The van der Waals surface area contributed by atoms with E-state index in [4.69, 9.17) is 21.6 Å². The highest BCUT2D eigenvalue weighted by Crippen LogP contribution is 2.28. The zero-order valence-corrected chi connectivity index (χ0v) is 9.90. The SMILES string of the molecule is COc1ccc(-c2ccnc(Cl)c2C#N)cc1. The highest BCUT2D eigenvalue weighted by Gasteiger charge is 2.09. The molecule has 0 atom stereocenters. The van der Waals surface area contributed by atoms with E-state index in [-0.39, 0.29) is 5.15 Å². The Balaban J connectivity index is 2.53. The van der Waals surface area contributed by atoms with E-state index in [2.05, 4.69) is 11.1 Å². The lowest BCUT2D eigenvalue weighted by molar-refractivity contribution is 0.415. The molecular weight excluding hydrogens is 236 g/mol. The first-order chi connectivity index (χ1) is 8.26. The van der Waals surface area contributed by atoms with E-state index in [0.29, 0.717) is 5.56 Å². The van der Waals surface area contributed by atoms with Gasteiger partial charge in [-0.05, 0) is 23.8 Å². The summed E-state index contributed by atoms with van der Waals surface area (Å²) in [4.78, 5) is 3.89. The number of hydrogen-bond donors (Lipinski definition) is 0. The zero-order valence-electron chi connectivity index (χ0n) is 9.14. The average molecular weight is 245 g/mol. The van der Waals surface area contributed by atoms with Crippen LogP contribution in [0.2, 0.25) is 5.15 Å². The Morgan fingerprint density at radius 1 is 1.24 bits per heavy atom. The van der Waals surface area contributed by atoms with Crippen molar-refractivity contribution < 1.29 is 4.74 Å². The molecule has 3 nitrogen and oxygen atoms in total. The molecule has 0 amide bonds. The van der Waals surface area contributed by atoms with Gasteiger partial charge in [-0.25, -0.2) is 4.98 Å². The fraction of sp³-hybridized carbons (Fsp3) is 0.0769. The summed E-state index contributed by atoms with van der Waals surface area (Å²) in [5.41, 5.74) is 2.07. The Bertz CT molecular complexity index is 573. The molecule has 0 aliphatic heterocycles. The predicted molar refractivity (Wildman–Crippen MR) is 66.0 cm³/mol. The van der Waals surface area contributed by atoms with E-state index in [1.165, 1.54) is 0 Å². The van der Waals surface area contributed by atoms with Crippen molar-refractivity contribution >= 4 is 11.6 Å². The number of aromatic nitrogens is 1. The smallest absolute Gasteiger partial charge is 0.147 e. The molecule has 0 aliphatic rings. The van der Waals surface area contributed by atoms with Crippen LogP contribution < -0.4 is 4.74 Å². The van der Waals surface area contributed by atoms with Gasteiger partial charge in [-0.2, -0.15) is 5.26 Å². The van der Waals surface area contributed by atoms with Crippen LogP contribution in [-0.2, 0) is 0 Å². The molecule has 0 saturated carbocycles. The summed E-state index contributed by atoms with van der Waals surface area (Å²) in [6, 6.07) is 11.3. The normalized spacial score (nSPS) is 9.71. The van der Waals surface area contributed by atoms with Gasteiger partial charge in [0.15, 0.2) is 0 Å². The van der Waals surface area contributed by atoms with E-state index < -0.39 is 0 Å². The summed E-state index contributed by atoms with van der Waals surface area (Å²) in [6.45, 7) is 0. The van der Waals surface area contributed by atoms with Gasteiger partial charge in [0, 0.05) is 11.8 Å². The molecular formula is C13H9ClN2O. The van der Waals surface area contributed by atoms with Crippen molar-refractivity contribution in [1.82, 2.24) is 4.98 Å². The molecule has 0 aliphatic carbocycles. The maximum atomic E-state index is 9.06. The van der Waals surface area contributed by atoms with Crippen molar-refractivity contribution in [3.63, 3.8) is 0 Å². The van der Waals surface area contributed by atoms with Crippen LogP contribution >= 0.6 is 11.6 Å². The van der Waals surface area contributed by atoms with Gasteiger partial charge in [-0.1, -0.05) is 23.7 Å². The maximum Gasteiger partial charge on any atom is 0.147 e. The molecule has 1 aromatic carbocycles. The van der Waals surface area contributed by atoms with Gasteiger partial charge in [0.05, 0.1) is 12.7 Å². The minimum absolute atomic E-state index is 0.223. The Labute approximate surface area is 104 Å². The monoisotopic (exact) mass is 244 g/mol. The zero-order chi connectivity index (χ0) is 12.3. The third kappa shape index (κ3) is 2.22. The van der Waals surface area contributed by atoms with E-state index >= 15 is 0 Å². The topological polar surface area (TPSA) is 45.9 Å². The fourth-order valence-electron chi connectivity index (χ4n) is 1.55. The first kappa shape index (κ1) is 11.4. The van der Waals surface area contributed by atoms with Crippen molar-refractivity contribution in [2.24, 2.45) is 0 Å². The second-order valence-corrected chi connectivity index (χ2v) is 3.72. The van der Waals surface area contributed by atoms with Gasteiger partial charge < -0.3 is 4.74 Å². The van der Waals surface area contributed by atoms with E-state index in [0.717, 1.165) is 16.9 Å². The number of benzene rings is 1. The number of hydrogen-bond acceptors (Lipinski definition) is 3. The molecule has 1 aromatic heterocycles. The maximum absolute atomic E-state index is 9.06. The molecule has 2 rings (SSSR count). The van der Waals surface area contributed by atoms with Crippen LogP contribution in [0.25, 0.3) is 11.1 Å². The minimum Gasteiger partial charge on any atom is -0.497 e. The van der Waals surface area contributed by atoms with Gasteiger partial charge in [0.1, 0.15) is 17.0 Å². The van der Waals surface area contributed by atoms with Crippen LogP contribution in [0.4, 0.5) is 0 Å². The molecule has 84 valence electrons. The Kier molecular flexibility index (Phi) is 3.27. The second kappa shape index (κ2) is 4.86. The Morgan fingerprint density at radius 3 is 2.53 bits per heavy atom. The van der Waals surface area contributed by atoms with Gasteiger partial charge >= 0.3 is 0 Å². The minimum atomic E-state index is 0.223. The molecule has 0 N–H and O–H groups in total. The fourth-order valence-corrected chi connectivity index (χ4v) is 1.75. The van der Waals surface area contributed by atoms with Crippen molar-refractivity contribution in [1.29, 1.82) is 5.26 Å². The molecule has 17 heavy (non-hydrogen) atoms. The van der Waals surface area contributed by atoms with Crippen LogP contribution in [0.3, 0.4) is 0 Å². The number of ether oxygens (including phenoxy) is 1. The number of methoxy groups -OCH3 is 1. The highest BCUT2D eigenvalue weighted by atomic mass is 35.5. The van der Waals surface area contributed by atoms with Crippen LogP contribution in [0.1, 0.15) is 5.56 Å². The molecule has 0 saturated heterocycles. The largest absolute Gasteiger partial charge is 0.497 e. The summed E-state index contributed by atoms with van der Waals surface area (Å²) in [5.74, 6) is 0.771. The van der Waals surface area contributed by atoms with Crippen LogP contribution in [0, 0.1) is 11.3 Å². The number of nitrogens with zero attached hydrogens (tertiary/aromatic N) is 2. The number of nitriles is 1. The van der Waals surface area contributed by atoms with Gasteiger partial charge in [-0.15, -0.1) is 0 Å². The lowest BCUT2D eigenvalue weighted by Crippen LogP contribution is -1.89. The Hall–Kier alpha value is -2.05. The molecule has 0 unspecified atom stereocenters. The summed E-state index contributed by atoms with van der Waals surface area (Å²) in [5, 5.41) is 9.29. The quantitative estimate of drug-likeness (QED) is 0.762. The summed E-state index contributed by atoms with van der Waals surface area (Å²) < 4.78 is 5.08.